The molecule has 0 bridgehead atoms. The van der Waals surface area contributed by atoms with Gasteiger partial charge in [0, 0.05) is 12.3 Å². The molecule has 0 aliphatic rings. The summed E-state index contributed by atoms with van der Waals surface area (Å²) in [6, 6.07) is 24.2. The monoisotopic (exact) mass is 409 g/mol. The topological polar surface area (TPSA) is 62.3 Å². The van der Waals surface area contributed by atoms with Crippen LogP contribution in [0.5, 0.6) is 0 Å². The van der Waals surface area contributed by atoms with Gasteiger partial charge in [0.05, 0.1) is 22.6 Å². The highest BCUT2D eigenvalue weighted by Crippen LogP contribution is 2.31. The van der Waals surface area contributed by atoms with E-state index >= 15 is 0 Å². The van der Waals surface area contributed by atoms with Gasteiger partial charge in [-0.15, -0.1) is 0 Å². The van der Waals surface area contributed by atoms with Gasteiger partial charge in [0.25, 0.3) is 0 Å². The van der Waals surface area contributed by atoms with Gasteiger partial charge in [0.15, 0.2) is 5.78 Å². The summed E-state index contributed by atoms with van der Waals surface area (Å²) in [6.45, 7) is 5.44. The van der Waals surface area contributed by atoms with Crippen molar-refractivity contribution in [3.05, 3.63) is 95.7 Å². The summed E-state index contributed by atoms with van der Waals surface area (Å²) in [6.07, 6.45) is 0. The number of urea groups is 1. The van der Waals surface area contributed by atoms with Crippen molar-refractivity contribution >= 4 is 39.8 Å². The van der Waals surface area contributed by atoms with Crippen LogP contribution >= 0.6 is 0 Å². The Morgan fingerprint density at radius 1 is 0.839 bits per heavy atom. The van der Waals surface area contributed by atoms with E-state index in [1.54, 1.807) is 11.0 Å². The smallest absolute Gasteiger partial charge is 0.306 e. The fourth-order valence-electron chi connectivity index (χ4n) is 3.74. The van der Waals surface area contributed by atoms with Crippen molar-refractivity contribution < 1.29 is 9.59 Å². The fraction of sp³-hybridized carbons (Fsp3) is 0.115. The quantitative estimate of drug-likeness (QED) is 0.395. The van der Waals surface area contributed by atoms with Crippen molar-refractivity contribution in [1.82, 2.24) is 4.98 Å². The van der Waals surface area contributed by atoms with Gasteiger partial charge in [-0.05, 0) is 61.4 Å². The molecule has 5 nitrogen and oxygen atoms in total. The molecule has 0 aliphatic carbocycles. The van der Waals surface area contributed by atoms with E-state index in [9.17, 15) is 9.59 Å². The minimum atomic E-state index is -0.320. The van der Waals surface area contributed by atoms with E-state index in [2.05, 4.69) is 10.3 Å². The maximum atomic E-state index is 13.5. The number of nitrogens with zero attached hydrogens (tertiary/aromatic N) is 2. The number of anilines is 3. The Labute approximate surface area is 181 Å². The summed E-state index contributed by atoms with van der Waals surface area (Å²) in [7, 11) is 0. The van der Waals surface area contributed by atoms with E-state index in [1.807, 2.05) is 86.6 Å². The second-order valence-corrected chi connectivity index (χ2v) is 7.52. The summed E-state index contributed by atoms with van der Waals surface area (Å²) in [4.78, 5) is 31.7. The number of aromatic nitrogens is 1. The summed E-state index contributed by atoms with van der Waals surface area (Å²) in [5.74, 6) is -0.153. The van der Waals surface area contributed by atoms with Gasteiger partial charge in [-0.25, -0.2) is 9.78 Å². The lowest BCUT2D eigenvalue weighted by Crippen LogP contribution is -2.31. The Kier molecular flexibility index (Phi) is 5.50. The molecule has 2 amide bonds. The molecule has 0 saturated carbocycles. The zero-order valence-electron chi connectivity index (χ0n) is 17.7. The normalized spacial score (nSPS) is 10.7. The maximum Gasteiger partial charge on any atom is 0.330 e. The third kappa shape index (κ3) is 4.16. The zero-order chi connectivity index (χ0) is 22.0. The van der Waals surface area contributed by atoms with Crippen LogP contribution < -0.4 is 10.2 Å². The standard InChI is InChI=1S/C26H23N3O2/c1-17-14-18(2)25-23(15-17)27-22(19(3)30)16-24(25)28-26(31)29(20-10-6-4-7-11-20)21-12-8-5-9-13-21/h4-16H,1-3H3,(H,27,28,31). The summed E-state index contributed by atoms with van der Waals surface area (Å²) in [5.41, 5.74) is 5.08. The molecule has 1 aromatic heterocycles. The number of carbonyl (C=O) groups is 2. The second-order valence-electron chi connectivity index (χ2n) is 7.52. The van der Waals surface area contributed by atoms with Gasteiger partial charge in [0.1, 0.15) is 5.69 Å². The van der Waals surface area contributed by atoms with E-state index in [4.69, 9.17) is 0 Å². The predicted molar refractivity (Wildman–Crippen MR) is 125 cm³/mol. The van der Waals surface area contributed by atoms with Crippen LogP contribution in [0.3, 0.4) is 0 Å². The Morgan fingerprint density at radius 3 is 1.97 bits per heavy atom. The maximum absolute atomic E-state index is 13.5. The number of aryl methyl sites for hydroxylation is 2. The average Bonchev–Trinajstić information content (AvgIpc) is 2.74. The van der Waals surface area contributed by atoms with Crippen molar-refractivity contribution in [2.24, 2.45) is 0 Å². The summed E-state index contributed by atoms with van der Waals surface area (Å²) in [5, 5.41) is 3.86. The number of hydrogen-bond donors (Lipinski definition) is 1. The Balaban J connectivity index is 1.83. The number of amides is 2. The highest BCUT2D eigenvalue weighted by Gasteiger charge is 2.20. The second kappa shape index (κ2) is 8.40. The number of Topliss-reactive ketones (excluding diaryl/α,β-unsaturated/α-hetero) is 1. The molecule has 0 fully saturated rings. The molecular weight excluding hydrogens is 386 g/mol. The minimum Gasteiger partial charge on any atom is -0.306 e. The number of rotatable bonds is 4. The molecule has 4 aromatic rings. The van der Waals surface area contributed by atoms with Gasteiger partial charge >= 0.3 is 6.03 Å². The third-order valence-electron chi connectivity index (χ3n) is 5.08. The lowest BCUT2D eigenvalue weighted by Gasteiger charge is -2.24. The number of pyridine rings is 1. The molecule has 0 radical (unpaired) electrons. The molecule has 3 aromatic carbocycles. The van der Waals surface area contributed by atoms with E-state index in [-0.39, 0.29) is 11.8 Å². The van der Waals surface area contributed by atoms with E-state index in [0.29, 0.717) is 16.9 Å². The number of hydrogen-bond acceptors (Lipinski definition) is 3. The van der Waals surface area contributed by atoms with Gasteiger partial charge in [0.2, 0.25) is 0 Å². The van der Waals surface area contributed by atoms with Gasteiger partial charge in [-0.1, -0.05) is 42.5 Å². The van der Waals surface area contributed by atoms with Crippen LogP contribution in [0.1, 0.15) is 28.5 Å². The molecule has 31 heavy (non-hydrogen) atoms. The molecule has 0 unspecified atom stereocenters. The Hall–Kier alpha value is -3.99. The molecule has 1 heterocycles. The van der Waals surface area contributed by atoms with E-state index in [0.717, 1.165) is 27.9 Å². The van der Waals surface area contributed by atoms with Crippen molar-refractivity contribution in [2.45, 2.75) is 20.8 Å². The number of carbonyl (C=O) groups excluding carboxylic acids is 2. The van der Waals surface area contributed by atoms with Crippen molar-refractivity contribution in [2.75, 3.05) is 10.2 Å². The van der Waals surface area contributed by atoms with E-state index < -0.39 is 0 Å². The number of ketones is 1. The zero-order valence-corrected chi connectivity index (χ0v) is 17.7. The minimum absolute atomic E-state index is 0.153. The van der Waals surface area contributed by atoms with Gasteiger partial charge in [-0.2, -0.15) is 0 Å². The Bertz CT molecular complexity index is 1230. The van der Waals surface area contributed by atoms with Crippen LogP contribution in [0.25, 0.3) is 10.9 Å². The van der Waals surface area contributed by atoms with Crippen molar-refractivity contribution in [3.8, 4) is 0 Å². The number of benzene rings is 3. The first-order chi connectivity index (χ1) is 14.9. The van der Waals surface area contributed by atoms with Gasteiger partial charge < -0.3 is 5.32 Å². The largest absolute Gasteiger partial charge is 0.330 e. The van der Waals surface area contributed by atoms with Crippen LogP contribution in [0, 0.1) is 13.8 Å². The molecule has 0 spiro atoms. The molecular formula is C26H23N3O2. The van der Waals surface area contributed by atoms with Crippen molar-refractivity contribution in [1.29, 1.82) is 0 Å². The molecule has 0 aliphatic heterocycles. The lowest BCUT2D eigenvalue weighted by molar-refractivity contribution is 0.101. The lowest BCUT2D eigenvalue weighted by atomic mass is 10.0. The molecule has 5 heteroatoms. The molecule has 1 N–H and O–H groups in total. The van der Waals surface area contributed by atoms with Gasteiger partial charge in [-0.3, -0.25) is 9.69 Å². The predicted octanol–water partition coefficient (Wildman–Crippen LogP) is 6.42. The van der Waals surface area contributed by atoms with Crippen LogP contribution in [-0.2, 0) is 0 Å². The average molecular weight is 409 g/mol. The highest BCUT2D eigenvalue weighted by atomic mass is 16.2. The Morgan fingerprint density at radius 2 is 1.42 bits per heavy atom. The summed E-state index contributed by atoms with van der Waals surface area (Å²) < 4.78 is 0. The first-order valence-corrected chi connectivity index (χ1v) is 10.1. The first-order valence-electron chi connectivity index (χ1n) is 10.1. The molecule has 0 saturated heterocycles. The molecule has 154 valence electrons. The van der Waals surface area contributed by atoms with Crippen LogP contribution in [0.4, 0.5) is 21.9 Å². The fourth-order valence-corrected chi connectivity index (χ4v) is 3.74. The highest BCUT2D eigenvalue weighted by molar-refractivity contribution is 6.12. The number of para-hydroxylation sites is 2. The first kappa shape index (κ1) is 20.3. The number of fused-ring (bicyclic) bond motifs is 1. The third-order valence-corrected chi connectivity index (χ3v) is 5.08. The SMILES string of the molecule is CC(=O)c1cc(NC(=O)N(c2ccccc2)c2ccccc2)c2c(C)cc(C)cc2n1. The van der Waals surface area contributed by atoms with Crippen molar-refractivity contribution in [3.63, 3.8) is 0 Å². The van der Waals surface area contributed by atoms with Crippen LogP contribution in [-0.4, -0.2) is 16.8 Å². The molecule has 0 atom stereocenters. The van der Waals surface area contributed by atoms with E-state index in [1.165, 1.54) is 6.92 Å². The van der Waals surface area contributed by atoms with Crippen LogP contribution in [0.2, 0.25) is 0 Å². The van der Waals surface area contributed by atoms with Crippen LogP contribution in [0.15, 0.2) is 78.9 Å². The molecule has 4 rings (SSSR count). The number of nitrogens with one attached hydrogen (secondary N) is 1. The summed E-state index contributed by atoms with van der Waals surface area (Å²) >= 11 is 0.